The molecule has 0 unspecified atom stereocenters. The molecule has 1 aromatic heterocycles. The molecule has 4 rings (SSSR count). The van der Waals surface area contributed by atoms with Crippen LogP contribution in [0.4, 0.5) is 13.2 Å². The summed E-state index contributed by atoms with van der Waals surface area (Å²) in [6.45, 7) is 5.36. The van der Waals surface area contributed by atoms with E-state index >= 15 is 0 Å². The van der Waals surface area contributed by atoms with Gasteiger partial charge in [-0.3, -0.25) is 4.79 Å². The van der Waals surface area contributed by atoms with Crippen molar-refractivity contribution in [2.24, 2.45) is 11.8 Å². The average molecular weight is 434 g/mol. The molecule has 3 saturated heterocycles. The van der Waals surface area contributed by atoms with Gasteiger partial charge in [0.2, 0.25) is 5.91 Å². The van der Waals surface area contributed by atoms with Crippen molar-refractivity contribution < 1.29 is 37.1 Å². The fourth-order valence-corrected chi connectivity index (χ4v) is 4.06. The standard InChI is InChI=1S/C16H24N4O3.C2HF3O2/c1-10-17-15(23-18-10)13-7-12-8-20(9-14(12)22-13)16(21)11-3-5-19(2)6-4-11;3-2(4,5)1(6)7/h11-14H,3-9H2,1-2H3;(H,6,7)/t12-,13-,14+;/m0./s1. The number of likely N-dealkylation sites (tertiary alicyclic amines) is 2. The van der Waals surface area contributed by atoms with Crippen molar-refractivity contribution in [1.82, 2.24) is 19.9 Å². The number of rotatable bonds is 2. The molecule has 0 aliphatic carbocycles. The largest absolute Gasteiger partial charge is 0.490 e. The van der Waals surface area contributed by atoms with Crippen LogP contribution in [-0.2, 0) is 14.3 Å². The number of ether oxygens (including phenoxy) is 1. The summed E-state index contributed by atoms with van der Waals surface area (Å²) < 4.78 is 43.0. The zero-order valence-corrected chi connectivity index (χ0v) is 16.8. The Morgan fingerprint density at radius 2 is 1.83 bits per heavy atom. The minimum Gasteiger partial charge on any atom is -0.475 e. The molecule has 1 amide bonds. The molecule has 0 radical (unpaired) electrons. The Morgan fingerprint density at radius 3 is 2.33 bits per heavy atom. The lowest BCUT2D eigenvalue weighted by Crippen LogP contribution is -2.41. The van der Waals surface area contributed by atoms with Gasteiger partial charge >= 0.3 is 12.1 Å². The van der Waals surface area contributed by atoms with Crippen molar-refractivity contribution in [2.75, 3.05) is 33.2 Å². The minimum absolute atomic E-state index is 0.105. The number of piperidine rings is 1. The highest BCUT2D eigenvalue weighted by molar-refractivity contribution is 5.79. The van der Waals surface area contributed by atoms with E-state index in [1.54, 1.807) is 0 Å². The number of hydrogen-bond donors (Lipinski definition) is 1. The lowest BCUT2D eigenvalue weighted by atomic mass is 9.95. The van der Waals surface area contributed by atoms with Gasteiger partial charge in [-0.2, -0.15) is 18.2 Å². The van der Waals surface area contributed by atoms with Gasteiger partial charge in [0.15, 0.2) is 5.82 Å². The van der Waals surface area contributed by atoms with E-state index in [1.807, 2.05) is 11.8 Å². The second-order valence-electron chi connectivity index (χ2n) is 7.96. The maximum atomic E-state index is 12.7. The molecule has 0 aromatic carbocycles. The number of carbonyl (C=O) groups excluding carboxylic acids is 1. The van der Waals surface area contributed by atoms with Crippen LogP contribution in [0.5, 0.6) is 0 Å². The van der Waals surface area contributed by atoms with E-state index in [1.165, 1.54) is 0 Å². The molecule has 1 N–H and O–H groups in total. The number of aromatic nitrogens is 2. The number of alkyl halides is 3. The lowest BCUT2D eigenvalue weighted by molar-refractivity contribution is -0.192. The molecule has 4 heterocycles. The Morgan fingerprint density at radius 1 is 1.20 bits per heavy atom. The van der Waals surface area contributed by atoms with Crippen molar-refractivity contribution in [3.63, 3.8) is 0 Å². The smallest absolute Gasteiger partial charge is 0.475 e. The van der Waals surface area contributed by atoms with Crippen molar-refractivity contribution in [3.8, 4) is 0 Å². The third kappa shape index (κ3) is 5.28. The molecule has 168 valence electrons. The minimum atomic E-state index is -5.08. The molecular weight excluding hydrogens is 409 g/mol. The summed E-state index contributed by atoms with van der Waals surface area (Å²) in [5, 5.41) is 11.0. The normalized spacial score (nSPS) is 27.5. The van der Waals surface area contributed by atoms with Gasteiger partial charge in [-0.05, 0) is 46.3 Å². The van der Waals surface area contributed by atoms with Gasteiger partial charge in [0.25, 0.3) is 5.89 Å². The Bertz CT molecular complexity index is 749. The van der Waals surface area contributed by atoms with Crippen molar-refractivity contribution in [3.05, 3.63) is 11.7 Å². The fraction of sp³-hybridized carbons (Fsp3) is 0.778. The molecule has 0 bridgehead atoms. The summed E-state index contributed by atoms with van der Waals surface area (Å²) in [7, 11) is 2.12. The molecule has 12 heteroatoms. The fourth-order valence-electron chi connectivity index (χ4n) is 4.06. The molecule has 3 aliphatic heterocycles. The Balaban J connectivity index is 0.000000318. The molecule has 3 fully saturated rings. The van der Waals surface area contributed by atoms with Gasteiger partial charge in [0, 0.05) is 24.9 Å². The maximum Gasteiger partial charge on any atom is 0.490 e. The first-order valence-electron chi connectivity index (χ1n) is 9.77. The van der Waals surface area contributed by atoms with E-state index in [9.17, 15) is 18.0 Å². The van der Waals surface area contributed by atoms with E-state index in [0.29, 0.717) is 30.1 Å². The van der Waals surface area contributed by atoms with E-state index < -0.39 is 12.1 Å². The highest BCUT2D eigenvalue weighted by atomic mass is 19.4. The number of nitrogens with zero attached hydrogens (tertiary/aromatic N) is 4. The predicted molar refractivity (Wildman–Crippen MR) is 95.2 cm³/mol. The summed E-state index contributed by atoms with van der Waals surface area (Å²) in [5.41, 5.74) is 0. The van der Waals surface area contributed by atoms with Gasteiger partial charge in [-0.25, -0.2) is 4.79 Å². The third-order valence-corrected chi connectivity index (χ3v) is 5.68. The second kappa shape index (κ2) is 8.88. The second-order valence-corrected chi connectivity index (χ2v) is 7.96. The van der Waals surface area contributed by atoms with Gasteiger partial charge in [-0.15, -0.1) is 0 Å². The summed E-state index contributed by atoms with van der Waals surface area (Å²) in [6.07, 6.45) is -2.25. The molecule has 0 saturated carbocycles. The number of halogens is 3. The molecule has 3 atom stereocenters. The van der Waals surface area contributed by atoms with Crippen LogP contribution in [0.3, 0.4) is 0 Å². The van der Waals surface area contributed by atoms with Crippen molar-refractivity contribution >= 4 is 11.9 Å². The van der Waals surface area contributed by atoms with Crippen LogP contribution in [0, 0.1) is 18.8 Å². The first-order valence-corrected chi connectivity index (χ1v) is 9.77. The molecular formula is C18H25F3N4O5. The van der Waals surface area contributed by atoms with Crippen molar-refractivity contribution in [1.29, 1.82) is 0 Å². The Labute approximate surface area is 171 Å². The van der Waals surface area contributed by atoms with Crippen molar-refractivity contribution in [2.45, 2.75) is 44.6 Å². The topological polar surface area (TPSA) is 109 Å². The Kier molecular flexibility index (Phi) is 6.65. The van der Waals surface area contributed by atoms with Gasteiger partial charge in [-0.1, -0.05) is 5.16 Å². The lowest BCUT2D eigenvalue weighted by Gasteiger charge is -2.31. The average Bonchev–Trinajstić information content (AvgIpc) is 3.35. The molecule has 0 spiro atoms. The zero-order chi connectivity index (χ0) is 22.1. The predicted octanol–water partition coefficient (Wildman–Crippen LogP) is 1.64. The van der Waals surface area contributed by atoms with E-state index in [2.05, 4.69) is 22.1 Å². The number of aryl methyl sites for hydroxylation is 1. The summed E-state index contributed by atoms with van der Waals surface area (Å²) in [6, 6.07) is 0. The monoisotopic (exact) mass is 434 g/mol. The van der Waals surface area contributed by atoms with Gasteiger partial charge in [0.1, 0.15) is 6.10 Å². The first-order chi connectivity index (χ1) is 14.0. The number of carbonyl (C=O) groups is 2. The van der Waals surface area contributed by atoms with E-state index in [4.69, 9.17) is 19.2 Å². The highest BCUT2D eigenvalue weighted by Crippen LogP contribution is 2.40. The Hall–Kier alpha value is -2.21. The van der Waals surface area contributed by atoms with Crippen LogP contribution in [-0.4, -0.2) is 82.4 Å². The number of carboxylic acid groups (broad SMARTS) is 1. The highest BCUT2D eigenvalue weighted by Gasteiger charge is 2.46. The molecule has 1 aromatic rings. The van der Waals surface area contributed by atoms with Gasteiger partial charge in [0.05, 0.1) is 6.10 Å². The number of aliphatic carboxylic acids is 1. The summed E-state index contributed by atoms with van der Waals surface area (Å²) in [4.78, 5) is 30.2. The zero-order valence-electron chi connectivity index (χ0n) is 16.8. The van der Waals surface area contributed by atoms with Crippen LogP contribution >= 0.6 is 0 Å². The van der Waals surface area contributed by atoms with Gasteiger partial charge < -0.3 is 24.2 Å². The summed E-state index contributed by atoms with van der Waals surface area (Å²) in [5.74, 6) is -0.638. The third-order valence-electron chi connectivity index (χ3n) is 5.68. The number of hydrogen-bond acceptors (Lipinski definition) is 7. The van der Waals surface area contributed by atoms with E-state index in [0.717, 1.165) is 38.9 Å². The SMILES string of the molecule is Cc1noc([C@@H]2C[C@H]3CN(C(=O)C4CCN(C)CC4)C[C@H]3O2)n1.O=C(O)C(F)(F)F. The number of amides is 1. The molecule has 9 nitrogen and oxygen atoms in total. The summed E-state index contributed by atoms with van der Waals surface area (Å²) >= 11 is 0. The first kappa shape index (κ1) is 22.5. The van der Waals surface area contributed by atoms with Crippen LogP contribution in [0.1, 0.15) is 37.1 Å². The number of fused-ring (bicyclic) bond motifs is 1. The van der Waals surface area contributed by atoms with Crippen LogP contribution < -0.4 is 0 Å². The number of carboxylic acids is 1. The van der Waals surface area contributed by atoms with E-state index in [-0.39, 0.29) is 18.1 Å². The maximum absolute atomic E-state index is 12.7. The van der Waals surface area contributed by atoms with Crippen LogP contribution in [0.15, 0.2) is 4.52 Å². The van der Waals surface area contributed by atoms with Crippen LogP contribution in [0.2, 0.25) is 0 Å². The molecule has 30 heavy (non-hydrogen) atoms. The van der Waals surface area contributed by atoms with Crippen LogP contribution in [0.25, 0.3) is 0 Å². The molecule has 3 aliphatic rings. The quantitative estimate of drug-likeness (QED) is 0.748.